The molecule has 1 aliphatic rings. The molecule has 4 atom stereocenters. The molecule has 0 saturated carbocycles. The average Bonchev–Trinajstić information content (AvgIpc) is 3.38. The fourth-order valence-electron chi connectivity index (χ4n) is 5.52. The van der Waals surface area contributed by atoms with Gasteiger partial charge in [-0.25, -0.2) is 13.2 Å². The Bertz CT molecular complexity index is 1630. The number of anilines is 2. The van der Waals surface area contributed by atoms with Gasteiger partial charge in [-0.2, -0.15) is 4.31 Å². The molecule has 0 aliphatic carbocycles. The Morgan fingerprint density at radius 3 is 2.52 bits per heavy atom. The van der Waals surface area contributed by atoms with Crippen LogP contribution >= 0.6 is 0 Å². The summed E-state index contributed by atoms with van der Waals surface area (Å²) in [6.07, 6.45) is 1.43. The molecule has 0 unspecified atom stereocenters. The molecule has 3 aromatic rings. The summed E-state index contributed by atoms with van der Waals surface area (Å²) in [5.41, 5.74) is 1.54. The van der Waals surface area contributed by atoms with Crippen LogP contribution in [0.1, 0.15) is 61.8 Å². The van der Waals surface area contributed by atoms with E-state index in [1.165, 1.54) is 11.4 Å². The number of carbonyl (C=O) groups is 2. The van der Waals surface area contributed by atoms with Crippen molar-refractivity contribution in [2.75, 3.05) is 44.0 Å². The maximum atomic E-state index is 14.4. The van der Waals surface area contributed by atoms with Crippen LogP contribution in [0.15, 0.2) is 57.9 Å². The normalized spacial score (nSPS) is 20.4. The number of ether oxygens (including phenoxy) is 2. The molecule has 0 bridgehead atoms. The second kappa shape index (κ2) is 16.4. The van der Waals surface area contributed by atoms with Gasteiger partial charge in [0.25, 0.3) is 5.91 Å². The first-order valence-corrected chi connectivity index (χ1v) is 17.6. The number of hydrogen-bond donors (Lipinski definition) is 3. The highest BCUT2D eigenvalue weighted by molar-refractivity contribution is 7.89. The van der Waals surface area contributed by atoms with Gasteiger partial charge in [-0.05, 0) is 77.3 Å². The van der Waals surface area contributed by atoms with Crippen LogP contribution in [0.3, 0.4) is 0 Å². The van der Waals surface area contributed by atoms with E-state index >= 15 is 0 Å². The number of nitrogens with zero attached hydrogens (tertiary/aromatic N) is 3. The predicted octanol–water partition coefficient (Wildman–Crippen LogP) is 5.05. The highest BCUT2D eigenvalue weighted by Crippen LogP contribution is 2.29. The van der Waals surface area contributed by atoms with Gasteiger partial charge in [0.2, 0.25) is 10.0 Å². The molecule has 262 valence electrons. The summed E-state index contributed by atoms with van der Waals surface area (Å²) in [6, 6.07) is 11.9. The summed E-state index contributed by atoms with van der Waals surface area (Å²) >= 11 is 0. The maximum absolute atomic E-state index is 14.4. The lowest BCUT2D eigenvalue weighted by atomic mass is 10.0. The number of aliphatic hydroxyl groups excluding tert-OH is 1. The smallest absolute Gasteiger partial charge is 0.323 e. The van der Waals surface area contributed by atoms with Crippen LogP contribution in [0.5, 0.6) is 5.75 Å². The van der Waals surface area contributed by atoms with Gasteiger partial charge in [0.1, 0.15) is 17.1 Å². The van der Waals surface area contributed by atoms with Crippen molar-refractivity contribution < 1.29 is 37.1 Å². The summed E-state index contributed by atoms with van der Waals surface area (Å²) in [7, 11) is -2.26. The van der Waals surface area contributed by atoms with Crippen molar-refractivity contribution in [3.8, 4) is 5.75 Å². The van der Waals surface area contributed by atoms with E-state index < -0.39 is 34.1 Å². The highest BCUT2D eigenvalue weighted by atomic mass is 32.2. The molecule has 1 aliphatic heterocycles. The van der Waals surface area contributed by atoms with E-state index in [1.54, 1.807) is 74.2 Å². The fraction of sp³-hybridized carbons (Fsp3) is 0.500. The zero-order valence-electron chi connectivity index (χ0n) is 28.4. The lowest BCUT2D eigenvalue weighted by Crippen LogP contribution is -2.48. The summed E-state index contributed by atoms with van der Waals surface area (Å²) in [5.74, 6) is 0.0648. The molecule has 0 saturated heterocycles. The molecule has 14 heteroatoms. The molecule has 0 radical (unpaired) electrons. The largest absolute Gasteiger partial charge is 0.490 e. The number of hydrogen-bond acceptors (Lipinski definition) is 9. The van der Waals surface area contributed by atoms with Gasteiger partial charge < -0.3 is 34.6 Å². The molecular weight excluding hydrogens is 638 g/mol. The number of fused-ring (bicyclic) bond motifs is 1. The van der Waals surface area contributed by atoms with Gasteiger partial charge in [-0.1, -0.05) is 30.3 Å². The summed E-state index contributed by atoms with van der Waals surface area (Å²) < 4.78 is 45.7. The third-order valence-electron chi connectivity index (χ3n) is 8.47. The SMILES string of the molecule is Cc1noc(C)c1NC(=O)Nc1ccc2c(c1)C(=O)N([C@H](C)CO)C[C@@H](C)[C@@H](CN(C)S(=O)(=O)c1ccccc1)OCCCC[C@H](C)O2. The summed E-state index contributed by atoms with van der Waals surface area (Å²) in [5, 5.41) is 19.6. The van der Waals surface area contributed by atoms with Crippen LogP contribution in [-0.4, -0.2) is 91.4 Å². The van der Waals surface area contributed by atoms with Gasteiger partial charge in [0.05, 0.1) is 35.3 Å². The first-order chi connectivity index (χ1) is 22.8. The van der Waals surface area contributed by atoms with E-state index in [-0.39, 0.29) is 42.2 Å². The van der Waals surface area contributed by atoms with E-state index in [2.05, 4.69) is 15.8 Å². The zero-order chi connectivity index (χ0) is 35.0. The molecular formula is C34H47N5O8S. The zero-order valence-corrected chi connectivity index (χ0v) is 29.2. The molecule has 2 heterocycles. The maximum Gasteiger partial charge on any atom is 0.323 e. The standard InChI is InChI=1S/C34H47N5O8S/c1-22-19-39(23(2)21-40)33(41)29-18-27(35-34(42)36-32-25(4)37-47-26(32)5)15-16-30(29)46-24(3)12-10-11-17-45-31(22)20-38(6)48(43,44)28-13-8-7-9-14-28/h7-9,13-16,18,22-24,31,40H,10-12,17,19-21H2,1-6H3,(H2,35,36,42)/t22-,23-,24+,31-/m1/s1. The molecule has 13 nitrogen and oxygen atoms in total. The lowest BCUT2D eigenvalue weighted by Gasteiger charge is -2.35. The van der Waals surface area contributed by atoms with Crippen molar-refractivity contribution in [1.82, 2.24) is 14.4 Å². The lowest BCUT2D eigenvalue weighted by molar-refractivity contribution is -0.00833. The van der Waals surface area contributed by atoms with E-state index in [4.69, 9.17) is 14.0 Å². The Labute approximate surface area is 282 Å². The number of urea groups is 1. The van der Waals surface area contributed by atoms with Crippen LogP contribution in [0, 0.1) is 19.8 Å². The van der Waals surface area contributed by atoms with E-state index in [0.29, 0.717) is 41.6 Å². The van der Waals surface area contributed by atoms with Gasteiger partial charge in [-0.15, -0.1) is 0 Å². The van der Waals surface area contributed by atoms with E-state index in [9.17, 15) is 23.1 Å². The molecule has 2 aromatic carbocycles. The molecule has 1 aromatic heterocycles. The van der Waals surface area contributed by atoms with Crippen molar-refractivity contribution in [3.05, 3.63) is 65.5 Å². The predicted molar refractivity (Wildman–Crippen MR) is 182 cm³/mol. The second-order valence-corrected chi connectivity index (χ2v) is 14.4. The van der Waals surface area contributed by atoms with Crippen molar-refractivity contribution in [2.24, 2.45) is 5.92 Å². The van der Waals surface area contributed by atoms with Gasteiger partial charge in [0, 0.05) is 38.3 Å². The Morgan fingerprint density at radius 2 is 1.85 bits per heavy atom. The highest BCUT2D eigenvalue weighted by Gasteiger charge is 2.32. The van der Waals surface area contributed by atoms with Crippen molar-refractivity contribution in [1.29, 1.82) is 0 Å². The molecule has 3 N–H and O–H groups in total. The Hall–Kier alpha value is -3.98. The van der Waals surface area contributed by atoms with Gasteiger partial charge >= 0.3 is 6.03 Å². The number of amides is 3. The number of aromatic nitrogens is 1. The molecule has 0 spiro atoms. The number of nitrogens with one attached hydrogen (secondary N) is 2. The molecule has 4 rings (SSSR count). The topological polar surface area (TPSA) is 164 Å². The molecule has 3 amide bonds. The van der Waals surface area contributed by atoms with Crippen molar-refractivity contribution in [3.63, 3.8) is 0 Å². The number of aryl methyl sites for hydroxylation is 2. The fourth-order valence-corrected chi connectivity index (χ4v) is 6.73. The van der Waals surface area contributed by atoms with Crippen LogP contribution in [0.2, 0.25) is 0 Å². The molecule has 0 fully saturated rings. The third-order valence-corrected chi connectivity index (χ3v) is 10.3. The average molecular weight is 686 g/mol. The van der Waals surface area contributed by atoms with Crippen molar-refractivity contribution in [2.45, 2.75) is 77.0 Å². The minimum absolute atomic E-state index is 0.0678. The Balaban J connectivity index is 1.63. The number of sulfonamides is 1. The number of rotatable bonds is 8. The van der Waals surface area contributed by atoms with E-state index in [0.717, 1.165) is 12.8 Å². The minimum atomic E-state index is -3.78. The number of likely N-dealkylation sites (N-methyl/N-ethyl adjacent to an activating group) is 1. The first kappa shape index (κ1) is 36.8. The van der Waals surface area contributed by atoms with Crippen LogP contribution in [0.25, 0.3) is 0 Å². The van der Waals surface area contributed by atoms with Crippen LogP contribution < -0.4 is 15.4 Å². The Morgan fingerprint density at radius 1 is 1.12 bits per heavy atom. The molecule has 48 heavy (non-hydrogen) atoms. The van der Waals surface area contributed by atoms with E-state index in [1.807, 2.05) is 13.8 Å². The quantitative estimate of drug-likeness (QED) is 0.294. The monoisotopic (exact) mass is 685 g/mol. The number of aliphatic hydroxyl groups is 1. The first-order valence-electron chi connectivity index (χ1n) is 16.2. The summed E-state index contributed by atoms with van der Waals surface area (Å²) in [4.78, 5) is 29.0. The van der Waals surface area contributed by atoms with Crippen molar-refractivity contribution >= 4 is 33.3 Å². The van der Waals surface area contributed by atoms with Crippen LogP contribution in [-0.2, 0) is 14.8 Å². The summed E-state index contributed by atoms with van der Waals surface area (Å²) in [6.45, 7) is 9.28. The van der Waals surface area contributed by atoms with Gasteiger partial charge in [-0.3, -0.25) is 4.79 Å². The number of benzene rings is 2. The number of carbonyl (C=O) groups excluding carboxylic acids is 2. The Kier molecular flexibility index (Phi) is 12.6. The second-order valence-electron chi connectivity index (χ2n) is 12.4. The minimum Gasteiger partial charge on any atom is -0.490 e. The third kappa shape index (κ3) is 9.13. The van der Waals surface area contributed by atoms with Crippen LogP contribution in [0.4, 0.5) is 16.2 Å². The van der Waals surface area contributed by atoms with Gasteiger partial charge in [0.15, 0.2) is 5.76 Å².